The molecule has 39 heavy (non-hydrogen) atoms. The van der Waals surface area contributed by atoms with Crippen LogP contribution >= 0.6 is 11.3 Å². The number of thiazole rings is 1. The maximum absolute atomic E-state index is 13.5. The van der Waals surface area contributed by atoms with Crippen LogP contribution < -0.4 is 14.8 Å². The first kappa shape index (κ1) is 24.5. The number of imidazole rings is 1. The molecule has 5 aromatic heterocycles. The molecule has 196 valence electrons. The van der Waals surface area contributed by atoms with E-state index in [2.05, 4.69) is 25.3 Å². The van der Waals surface area contributed by atoms with Crippen molar-refractivity contribution in [3.63, 3.8) is 0 Å². The number of anilines is 1. The summed E-state index contributed by atoms with van der Waals surface area (Å²) >= 11 is 1.35. The van der Waals surface area contributed by atoms with Gasteiger partial charge >= 0.3 is 0 Å². The lowest BCUT2D eigenvalue weighted by molar-refractivity contribution is 0.0746. The number of carbonyl (C=O) groups is 2. The van der Waals surface area contributed by atoms with Gasteiger partial charge in [0, 0.05) is 29.2 Å². The van der Waals surface area contributed by atoms with E-state index in [1.54, 1.807) is 49.1 Å². The summed E-state index contributed by atoms with van der Waals surface area (Å²) in [6.45, 7) is 2.59. The molecule has 0 fully saturated rings. The number of amides is 2. The van der Waals surface area contributed by atoms with Gasteiger partial charge in [-0.15, -0.1) is 0 Å². The van der Waals surface area contributed by atoms with Crippen molar-refractivity contribution in [2.45, 2.75) is 20.0 Å². The van der Waals surface area contributed by atoms with Crippen molar-refractivity contribution in [3.8, 4) is 22.8 Å². The summed E-state index contributed by atoms with van der Waals surface area (Å²) in [5.74, 6) is 0.358. The summed E-state index contributed by atoms with van der Waals surface area (Å²) in [5.41, 5.74) is 4.61. The number of hydrogen-bond acceptors (Lipinski definition) is 9. The number of methoxy groups -OCH3 is 2. The van der Waals surface area contributed by atoms with E-state index in [0.29, 0.717) is 40.7 Å². The van der Waals surface area contributed by atoms with Crippen LogP contribution in [-0.4, -0.2) is 55.3 Å². The molecule has 0 unspecified atom stereocenters. The van der Waals surface area contributed by atoms with E-state index in [1.165, 1.54) is 18.4 Å². The van der Waals surface area contributed by atoms with Crippen molar-refractivity contribution in [2.24, 2.45) is 0 Å². The Morgan fingerprint density at radius 3 is 2.72 bits per heavy atom. The quantitative estimate of drug-likeness (QED) is 0.342. The molecule has 11 nitrogen and oxygen atoms in total. The van der Waals surface area contributed by atoms with E-state index in [-0.39, 0.29) is 17.7 Å². The lowest BCUT2D eigenvalue weighted by atomic mass is 10.00. The number of fused-ring (bicyclic) bond motifs is 2. The Morgan fingerprint density at radius 2 is 1.92 bits per heavy atom. The van der Waals surface area contributed by atoms with Crippen LogP contribution in [0.15, 0.2) is 55.4 Å². The second kappa shape index (κ2) is 9.80. The van der Waals surface area contributed by atoms with Crippen LogP contribution in [0, 0.1) is 6.92 Å². The van der Waals surface area contributed by atoms with Gasteiger partial charge in [-0.1, -0.05) is 11.3 Å². The molecule has 0 radical (unpaired) electrons. The molecule has 5 aromatic rings. The van der Waals surface area contributed by atoms with Gasteiger partial charge < -0.3 is 18.8 Å². The molecule has 0 spiro atoms. The summed E-state index contributed by atoms with van der Waals surface area (Å²) < 4.78 is 12.7. The van der Waals surface area contributed by atoms with Crippen molar-refractivity contribution < 1.29 is 19.1 Å². The first-order valence-electron chi connectivity index (χ1n) is 12.0. The smallest absolute Gasteiger partial charge is 0.260 e. The van der Waals surface area contributed by atoms with E-state index >= 15 is 0 Å². The third kappa shape index (κ3) is 4.44. The largest absolute Gasteiger partial charge is 0.495 e. The lowest BCUT2D eigenvalue weighted by Gasteiger charge is -2.16. The van der Waals surface area contributed by atoms with E-state index in [1.807, 2.05) is 29.7 Å². The highest BCUT2D eigenvalue weighted by Crippen LogP contribution is 2.36. The van der Waals surface area contributed by atoms with Gasteiger partial charge in [0.25, 0.3) is 11.8 Å². The highest BCUT2D eigenvalue weighted by Gasteiger charge is 2.30. The summed E-state index contributed by atoms with van der Waals surface area (Å²) in [6.07, 6.45) is 8.40. The molecule has 1 aliphatic heterocycles. The average molecular weight is 542 g/mol. The van der Waals surface area contributed by atoms with Gasteiger partial charge in [-0.25, -0.2) is 15.0 Å². The van der Waals surface area contributed by atoms with Crippen LogP contribution in [0.2, 0.25) is 0 Å². The molecule has 0 saturated carbocycles. The number of aromatic nitrogens is 5. The summed E-state index contributed by atoms with van der Waals surface area (Å²) in [6, 6.07) is 7.17. The normalized spacial score (nSPS) is 12.4. The molecular weight excluding hydrogens is 518 g/mol. The van der Waals surface area contributed by atoms with Crippen LogP contribution in [0.25, 0.3) is 16.6 Å². The molecule has 0 atom stereocenters. The van der Waals surface area contributed by atoms with Crippen molar-refractivity contribution in [1.29, 1.82) is 0 Å². The van der Waals surface area contributed by atoms with Gasteiger partial charge in [-0.2, -0.15) is 0 Å². The van der Waals surface area contributed by atoms with Crippen LogP contribution in [0.1, 0.15) is 37.0 Å². The molecule has 6 heterocycles. The zero-order valence-electron chi connectivity index (χ0n) is 21.3. The molecule has 1 N–H and O–H groups in total. The fraction of sp³-hybridized carbons (Fsp3) is 0.185. The Morgan fingerprint density at radius 1 is 1.05 bits per heavy atom. The Labute approximate surface area is 227 Å². The van der Waals surface area contributed by atoms with Gasteiger partial charge in [0.15, 0.2) is 5.13 Å². The molecule has 12 heteroatoms. The lowest BCUT2D eigenvalue weighted by Crippen LogP contribution is -2.26. The molecule has 6 rings (SSSR count). The zero-order chi connectivity index (χ0) is 27.1. The zero-order valence-corrected chi connectivity index (χ0v) is 22.2. The number of ether oxygens (including phenoxy) is 2. The second-order valence-corrected chi connectivity index (χ2v) is 10.0. The predicted molar refractivity (Wildman–Crippen MR) is 144 cm³/mol. The summed E-state index contributed by atoms with van der Waals surface area (Å²) in [5, 5.41) is 3.38. The monoisotopic (exact) mass is 541 g/mol. The first-order chi connectivity index (χ1) is 18.9. The Balaban J connectivity index is 1.24. The molecule has 0 aromatic carbocycles. The van der Waals surface area contributed by atoms with Crippen molar-refractivity contribution in [1.82, 2.24) is 29.2 Å². The van der Waals surface area contributed by atoms with Gasteiger partial charge in [-0.05, 0) is 31.2 Å². The van der Waals surface area contributed by atoms with E-state index in [9.17, 15) is 9.59 Å². The van der Waals surface area contributed by atoms with E-state index < -0.39 is 0 Å². The average Bonchev–Trinajstić information content (AvgIpc) is 3.66. The van der Waals surface area contributed by atoms with Crippen molar-refractivity contribution >= 4 is 33.8 Å². The molecular formula is C27H23N7O4S. The molecule has 2 amide bonds. The van der Waals surface area contributed by atoms with Crippen molar-refractivity contribution in [3.05, 3.63) is 82.8 Å². The molecule has 0 saturated heterocycles. The Hall–Kier alpha value is -4.84. The van der Waals surface area contributed by atoms with Crippen LogP contribution in [0.4, 0.5) is 5.13 Å². The minimum Gasteiger partial charge on any atom is -0.495 e. The topological polar surface area (TPSA) is 124 Å². The number of aryl methyl sites for hydroxylation is 1. The number of nitrogens with zero attached hydrogens (tertiary/aromatic N) is 6. The van der Waals surface area contributed by atoms with Crippen LogP contribution in [-0.2, 0) is 13.1 Å². The molecule has 0 aliphatic carbocycles. The van der Waals surface area contributed by atoms with E-state index in [0.717, 1.165) is 27.3 Å². The third-order valence-corrected chi connectivity index (χ3v) is 7.46. The fourth-order valence-electron chi connectivity index (χ4n) is 4.57. The number of carbonyl (C=O) groups excluding carboxylic acids is 2. The molecule has 1 aliphatic rings. The summed E-state index contributed by atoms with van der Waals surface area (Å²) in [4.78, 5) is 46.4. The number of pyridine rings is 3. The number of nitrogens with one attached hydrogen (secondary N) is 1. The van der Waals surface area contributed by atoms with Gasteiger partial charge in [0.1, 0.15) is 11.3 Å². The molecule has 0 bridgehead atoms. The standard InChI is InChI=1S/C27H23N7O4S/c1-15-7-18(19-8-16-9-28-14-34(16)12-22(19)37-2)20(10-30-15)24(35)32-27-31-21-11-33(13-23(21)39-27)26(36)17-5-4-6-29-25(17)38-3/h4-10,12,14H,11,13H2,1-3H3,(H,31,32,35). The van der Waals surface area contributed by atoms with Gasteiger partial charge in [0.2, 0.25) is 5.88 Å². The van der Waals surface area contributed by atoms with Crippen molar-refractivity contribution in [2.75, 3.05) is 19.5 Å². The highest BCUT2D eigenvalue weighted by atomic mass is 32.1. The minimum atomic E-state index is -0.339. The fourth-order valence-corrected chi connectivity index (χ4v) is 5.56. The SMILES string of the molecule is COc1cn2cncc2cc1-c1cc(C)ncc1C(=O)Nc1nc2c(s1)CN(C(=O)c1cccnc1OC)C2. The predicted octanol–water partition coefficient (Wildman–Crippen LogP) is 3.98. The maximum Gasteiger partial charge on any atom is 0.260 e. The minimum absolute atomic E-state index is 0.185. The second-order valence-electron chi connectivity index (χ2n) is 8.92. The van der Waals surface area contributed by atoms with Gasteiger partial charge in [0.05, 0.1) is 67.7 Å². The van der Waals surface area contributed by atoms with Gasteiger partial charge in [-0.3, -0.25) is 19.9 Å². The maximum atomic E-state index is 13.5. The number of hydrogen-bond donors (Lipinski definition) is 1. The first-order valence-corrected chi connectivity index (χ1v) is 12.8. The van der Waals surface area contributed by atoms with Crippen LogP contribution in [0.3, 0.4) is 0 Å². The Bertz CT molecular complexity index is 1720. The van der Waals surface area contributed by atoms with E-state index in [4.69, 9.17) is 9.47 Å². The highest BCUT2D eigenvalue weighted by molar-refractivity contribution is 7.16. The summed E-state index contributed by atoms with van der Waals surface area (Å²) in [7, 11) is 3.07. The third-order valence-electron chi connectivity index (χ3n) is 6.46. The number of rotatable bonds is 6. The Kier molecular flexibility index (Phi) is 6.15. The van der Waals surface area contributed by atoms with Crippen LogP contribution in [0.5, 0.6) is 11.6 Å².